The van der Waals surface area contributed by atoms with Crippen molar-refractivity contribution in [3.8, 4) is 50.7 Å². The highest BCUT2D eigenvalue weighted by molar-refractivity contribution is 6.11. The Labute approximate surface area is 249 Å². The van der Waals surface area contributed by atoms with Crippen LogP contribution in [0.2, 0.25) is 0 Å². The summed E-state index contributed by atoms with van der Waals surface area (Å²) in [6, 6.07) is 50.8. The molecule has 0 aliphatic carbocycles. The molecule has 43 heavy (non-hydrogen) atoms. The average Bonchev–Trinajstić information content (AvgIpc) is 3.42. The van der Waals surface area contributed by atoms with E-state index in [4.69, 9.17) is 4.98 Å². The lowest BCUT2D eigenvalue weighted by atomic mass is 10.0. The molecule has 0 aliphatic heterocycles. The van der Waals surface area contributed by atoms with Crippen LogP contribution in [-0.4, -0.2) is 19.5 Å². The third-order valence-electron chi connectivity index (χ3n) is 7.90. The van der Waals surface area contributed by atoms with Gasteiger partial charge in [0.2, 0.25) is 0 Å². The van der Waals surface area contributed by atoms with Gasteiger partial charge in [-0.2, -0.15) is 0 Å². The van der Waals surface area contributed by atoms with Crippen molar-refractivity contribution in [3.63, 3.8) is 0 Å². The van der Waals surface area contributed by atoms with Gasteiger partial charge in [0.1, 0.15) is 0 Å². The lowest BCUT2D eigenvalue weighted by Crippen LogP contribution is -1.99. The van der Waals surface area contributed by atoms with Crippen LogP contribution in [-0.2, 0) is 0 Å². The average molecular weight is 551 g/mol. The lowest BCUT2D eigenvalue weighted by molar-refractivity contribution is 1.14. The Morgan fingerprint density at radius 3 is 1.28 bits per heavy atom. The molecule has 202 valence electrons. The number of benzene rings is 4. The zero-order valence-corrected chi connectivity index (χ0v) is 23.3. The van der Waals surface area contributed by atoms with Crippen LogP contribution in [0.4, 0.5) is 0 Å². The highest BCUT2D eigenvalue weighted by Crippen LogP contribution is 2.38. The highest BCUT2D eigenvalue weighted by Gasteiger charge is 2.17. The second-order valence-corrected chi connectivity index (χ2v) is 10.6. The molecule has 4 aromatic carbocycles. The first-order valence-electron chi connectivity index (χ1n) is 14.4. The van der Waals surface area contributed by atoms with Gasteiger partial charge in [-0.3, -0.25) is 9.97 Å². The van der Waals surface area contributed by atoms with E-state index in [-0.39, 0.29) is 0 Å². The third-order valence-corrected chi connectivity index (χ3v) is 7.90. The number of rotatable bonds is 5. The van der Waals surface area contributed by atoms with E-state index in [0.717, 1.165) is 39.5 Å². The fraction of sp³-hybridized carbons (Fsp3) is 0. The largest absolute Gasteiger partial charge is 0.309 e. The predicted molar refractivity (Wildman–Crippen MR) is 176 cm³/mol. The molecule has 0 radical (unpaired) electrons. The maximum Gasteiger partial charge on any atom is 0.0915 e. The van der Waals surface area contributed by atoms with Gasteiger partial charge in [-0.15, -0.1) is 0 Å². The maximum atomic E-state index is 5.01. The summed E-state index contributed by atoms with van der Waals surface area (Å²) in [4.78, 5) is 14.3. The normalized spacial score (nSPS) is 11.3. The summed E-state index contributed by atoms with van der Waals surface area (Å²) < 4.78 is 2.34. The fourth-order valence-electron chi connectivity index (χ4n) is 5.86. The van der Waals surface area contributed by atoms with Crippen LogP contribution in [0.25, 0.3) is 72.5 Å². The van der Waals surface area contributed by atoms with Crippen molar-refractivity contribution in [1.29, 1.82) is 0 Å². The zero-order chi connectivity index (χ0) is 28.6. The van der Waals surface area contributed by atoms with Crippen molar-refractivity contribution in [2.45, 2.75) is 0 Å². The first-order valence-corrected chi connectivity index (χ1v) is 14.4. The molecular formula is C39H26N4. The van der Waals surface area contributed by atoms with Gasteiger partial charge in [-0.1, -0.05) is 84.9 Å². The quantitative estimate of drug-likeness (QED) is 0.214. The van der Waals surface area contributed by atoms with Crippen molar-refractivity contribution >= 4 is 21.8 Å². The number of fused-ring (bicyclic) bond motifs is 3. The highest BCUT2D eigenvalue weighted by atomic mass is 15.0. The Morgan fingerprint density at radius 1 is 0.372 bits per heavy atom. The number of nitrogens with zero attached hydrogens (tertiary/aromatic N) is 4. The number of hydrogen-bond donors (Lipinski definition) is 0. The summed E-state index contributed by atoms with van der Waals surface area (Å²) in [5.41, 5.74) is 11.3. The van der Waals surface area contributed by atoms with E-state index in [1.54, 1.807) is 12.4 Å². The van der Waals surface area contributed by atoms with Gasteiger partial charge in [-0.05, 0) is 82.9 Å². The van der Waals surface area contributed by atoms with Gasteiger partial charge in [-0.25, -0.2) is 4.98 Å². The summed E-state index contributed by atoms with van der Waals surface area (Å²) >= 11 is 0. The first-order chi connectivity index (χ1) is 21.3. The second kappa shape index (κ2) is 10.5. The van der Waals surface area contributed by atoms with Crippen LogP contribution in [0, 0.1) is 0 Å². The van der Waals surface area contributed by atoms with Gasteiger partial charge in [0.25, 0.3) is 0 Å². The smallest absolute Gasteiger partial charge is 0.0915 e. The number of pyridine rings is 3. The Kier molecular flexibility index (Phi) is 6.08. The second-order valence-electron chi connectivity index (χ2n) is 10.6. The molecule has 4 heteroatoms. The molecule has 0 saturated carbocycles. The minimum Gasteiger partial charge on any atom is -0.309 e. The Balaban J connectivity index is 1.42. The minimum absolute atomic E-state index is 0.801. The molecule has 8 rings (SSSR count). The first kappa shape index (κ1) is 24.9. The third kappa shape index (κ3) is 4.55. The minimum atomic E-state index is 0.801. The van der Waals surface area contributed by atoms with Crippen LogP contribution < -0.4 is 0 Å². The van der Waals surface area contributed by atoms with Crippen LogP contribution in [0.5, 0.6) is 0 Å². The van der Waals surface area contributed by atoms with Crippen molar-refractivity contribution in [3.05, 3.63) is 158 Å². The molecule has 4 aromatic heterocycles. The van der Waals surface area contributed by atoms with E-state index < -0.39 is 0 Å². The van der Waals surface area contributed by atoms with Crippen LogP contribution in [0.3, 0.4) is 0 Å². The number of hydrogen-bond acceptors (Lipinski definition) is 3. The molecule has 4 heterocycles. The summed E-state index contributed by atoms with van der Waals surface area (Å²) in [7, 11) is 0. The van der Waals surface area contributed by atoms with E-state index in [9.17, 15) is 0 Å². The van der Waals surface area contributed by atoms with E-state index in [1.807, 2.05) is 36.4 Å². The molecule has 0 amide bonds. The Bertz CT molecular complexity index is 2050. The predicted octanol–water partition coefficient (Wildman–Crippen LogP) is 9.64. The van der Waals surface area contributed by atoms with Crippen molar-refractivity contribution < 1.29 is 0 Å². The van der Waals surface area contributed by atoms with Crippen molar-refractivity contribution in [2.24, 2.45) is 0 Å². The number of aromatic nitrogens is 4. The molecule has 0 saturated heterocycles. The van der Waals surface area contributed by atoms with E-state index >= 15 is 0 Å². The summed E-state index contributed by atoms with van der Waals surface area (Å²) in [6.45, 7) is 0. The molecule has 0 unspecified atom stereocenters. The molecule has 8 aromatic rings. The van der Waals surface area contributed by atoms with E-state index in [1.165, 1.54) is 33.0 Å². The van der Waals surface area contributed by atoms with Gasteiger partial charge >= 0.3 is 0 Å². The standard InChI is InChI=1S/C39H26N4/c1-3-11-27(12-4-1)29-17-19-38-32(23-29)33-24-30(28-13-5-2-6-14-28)18-20-39(33)43(38)31-25-36(34-15-7-9-21-40-34)42-37(26-31)35-16-8-10-22-41-35/h1-26H. The fourth-order valence-corrected chi connectivity index (χ4v) is 5.86. The molecule has 0 atom stereocenters. The Hall–Kier alpha value is -5.87. The van der Waals surface area contributed by atoms with Crippen LogP contribution >= 0.6 is 0 Å². The van der Waals surface area contributed by atoms with Gasteiger partial charge in [0.05, 0.1) is 39.5 Å². The SMILES string of the molecule is c1ccc(-c2ccc3c(c2)c2cc(-c4ccccc4)ccc2n3-c2cc(-c3ccccn3)nc(-c3ccccn3)c2)cc1. The van der Waals surface area contributed by atoms with Crippen molar-refractivity contribution in [1.82, 2.24) is 19.5 Å². The molecular weight excluding hydrogens is 524 g/mol. The van der Waals surface area contributed by atoms with Gasteiger partial charge in [0.15, 0.2) is 0 Å². The topological polar surface area (TPSA) is 43.6 Å². The molecule has 0 N–H and O–H groups in total. The molecule has 4 nitrogen and oxygen atoms in total. The van der Waals surface area contributed by atoms with E-state index in [2.05, 4.69) is 124 Å². The summed E-state index contributed by atoms with van der Waals surface area (Å²) in [5, 5.41) is 2.40. The summed E-state index contributed by atoms with van der Waals surface area (Å²) in [5.74, 6) is 0. The summed E-state index contributed by atoms with van der Waals surface area (Å²) in [6.07, 6.45) is 3.61. The monoisotopic (exact) mass is 550 g/mol. The van der Waals surface area contributed by atoms with E-state index in [0.29, 0.717) is 0 Å². The molecule has 0 bridgehead atoms. The van der Waals surface area contributed by atoms with Gasteiger partial charge in [0, 0.05) is 23.2 Å². The molecule has 0 spiro atoms. The maximum absolute atomic E-state index is 5.01. The Morgan fingerprint density at radius 2 is 0.837 bits per heavy atom. The van der Waals surface area contributed by atoms with Gasteiger partial charge < -0.3 is 4.57 Å². The lowest BCUT2D eigenvalue weighted by Gasteiger charge is -2.13. The molecule has 0 aliphatic rings. The zero-order valence-electron chi connectivity index (χ0n) is 23.3. The van der Waals surface area contributed by atoms with Crippen LogP contribution in [0.1, 0.15) is 0 Å². The van der Waals surface area contributed by atoms with Crippen molar-refractivity contribution in [2.75, 3.05) is 0 Å². The van der Waals surface area contributed by atoms with Crippen LogP contribution in [0.15, 0.2) is 158 Å². The molecule has 0 fully saturated rings.